The van der Waals surface area contributed by atoms with E-state index in [9.17, 15) is 4.79 Å². The molecule has 0 aliphatic carbocycles. The number of anilines is 1. The van der Waals surface area contributed by atoms with Crippen molar-refractivity contribution in [1.29, 1.82) is 0 Å². The SMILES string of the molecule is CCc1ccc(OCCn2c(C3CC(=O)N(c4ccc(C)cc4)C3)nc3ccccc32)cc1. The van der Waals surface area contributed by atoms with E-state index in [0.717, 1.165) is 34.7 Å². The van der Waals surface area contributed by atoms with Gasteiger partial charge < -0.3 is 14.2 Å². The number of rotatable bonds is 7. The molecule has 4 aromatic rings. The van der Waals surface area contributed by atoms with Gasteiger partial charge in [-0.25, -0.2) is 4.98 Å². The number of hydrogen-bond donors (Lipinski definition) is 0. The predicted molar refractivity (Wildman–Crippen MR) is 132 cm³/mol. The molecule has 1 saturated heterocycles. The van der Waals surface area contributed by atoms with Crippen LogP contribution in [0.15, 0.2) is 72.8 Å². The summed E-state index contributed by atoms with van der Waals surface area (Å²) in [4.78, 5) is 19.7. The molecule has 1 fully saturated rings. The number of carbonyl (C=O) groups is 1. The number of aromatic nitrogens is 2. The highest BCUT2D eigenvalue weighted by atomic mass is 16.5. The summed E-state index contributed by atoms with van der Waals surface area (Å²) in [5, 5.41) is 0. The molecular weight excluding hydrogens is 410 g/mol. The van der Waals surface area contributed by atoms with Gasteiger partial charge in [0, 0.05) is 24.6 Å². The molecule has 33 heavy (non-hydrogen) atoms. The summed E-state index contributed by atoms with van der Waals surface area (Å²) in [6.07, 6.45) is 1.49. The van der Waals surface area contributed by atoms with Crippen molar-refractivity contribution < 1.29 is 9.53 Å². The lowest BCUT2D eigenvalue weighted by molar-refractivity contribution is -0.117. The Bertz CT molecular complexity index is 1260. The molecule has 1 aliphatic rings. The van der Waals surface area contributed by atoms with Crippen LogP contribution in [0.5, 0.6) is 5.75 Å². The third-order valence-electron chi connectivity index (χ3n) is 6.44. The highest BCUT2D eigenvalue weighted by Crippen LogP contribution is 2.33. The summed E-state index contributed by atoms with van der Waals surface area (Å²) >= 11 is 0. The van der Waals surface area contributed by atoms with E-state index in [2.05, 4.69) is 48.7 Å². The predicted octanol–water partition coefficient (Wildman–Crippen LogP) is 5.51. The first-order valence-corrected chi connectivity index (χ1v) is 11.7. The van der Waals surface area contributed by atoms with Crippen LogP contribution in [0.1, 0.15) is 36.2 Å². The number of carbonyl (C=O) groups excluding carboxylic acids is 1. The lowest BCUT2D eigenvalue weighted by Crippen LogP contribution is -2.24. The minimum atomic E-state index is 0.0510. The number of para-hydroxylation sites is 2. The summed E-state index contributed by atoms with van der Waals surface area (Å²) in [5.74, 6) is 2.04. The van der Waals surface area contributed by atoms with Crippen molar-refractivity contribution in [2.24, 2.45) is 0 Å². The molecular formula is C28H29N3O2. The Morgan fingerprint density at radius 3 is 2.52 bits per heavy atom. The van der Waals surface area contributed by atoms with Gasteiger partial charge in [-0.3, -0.25) is 4.79 Å². The zero-order chi connectivity index (χ0) is 22.8. The molecule has 0 N–H and O–H groups in total. The fourth-order valence-electron chi connectivity index (χ4n) is 4.57. The van der Waals surface area contributed by atoms with Crippen LogP contribution in [0, 0.1) is 6.92 Å². The second-order valence-corrected chi connectivity index (χ2v) is 8.70. The van der Waals surface area contributed by atoms with Gasteiger partial charge >= 0.3 is 0 Å². The molecule has 0 saturated carbocycles. The molecule has 0 bridgehead atoms. The van der Waals surface area contributed by atoms with Crippen molar-refractivity contribution in [3.05, 3.63) is 89.7 Å². The first-order valence-electron chi connectivity index (χ1n) is 11.7. The molecule has 3 aromatic carbocycles. The van der Waals surface area contributed by atoms with Crippen LogP contribution in [0.25, 0.3) is 11.0 Å². The fourth-order valence-corrected chi connectivity index (χ4v) is 4.57. The molecule has 1 aliphatic heterocycles. The zero-order valence-corrected chi connectivity index (χ0v) is 19.2. The maximum absolute atomic E-state index is 12.9. The molecule has 5 nitrogen and oxygen atoms in total. The fraction of sp³-hybridized carbons (Fsp3) is 0.286. The van der Waals surface area contributed by atoms with Gasteiger partial charge in [-0.05, 0) is 55.3 Å². The monoisotopic (exact) mass is 439 g/mol. The molecule has 0 radical (unpaired) electrons. The van der Waals surface area contributed by atoms with Gasteiger partial charge in [-0.1, -0.05) is 48.9 Å². The average Bonchev–Trinajstić information content (AvgIpc) is 3.41. The van der Waals surface area contributed by atoms with Crippen molar-refractivity contribution in [1.82, 2.24) is 9.55 Å². The average molecular weight is 440 g/mol. The Kier molecular flexibility index (Phi) is 5.86. The third kappa shape index (κ3) is 4.36. The highest BCUT2D eigenvalue weighted by molar-refractivity contribution is 5.96. The Morgan fingerprint density at radius 2 is 1.76 bits per heavy atom. The molecule has 5 heteroatoms. The number of aryl methyl sites for hydroxylation is 2. The topological polar surface area (TPSA) is 47.4 Å². The molecule has 168 valence electrons. The van der Waals surface area contributed by atoms with Crippen LogP contribution in [-0.4, -0.2) is 28.6 Å². The van der Waals surface area contributed by atoms with Crippen LogP contribution in [0.2, 0.25) is 0 Å². The lowest BCUT2D eigenvalue weighted by Gasteiger charge is -2.18. The van der Waals surface area contributed by atoms with Gasteiger partial charge in [0.1, 0.15) is 18.2 Å². The molecule has 1 aromatic heterocycles. The highest BCUT2D eigenvalue weighted by Gasteiger charge is 2.34. The Morgan fingerprint density at radius 1 is 1.00 bits per heavy atom. The number of imidazole rings is 1. The van der Waals surface area contributed by atoms with Crippen molar-refractivity contribution >= 4 is 22.6 Å². The summed E-state index contributed by atoms with van der Waals surface area (Å²) in [6, 6.07) is 24.6. The van der Waals surface area contributed by atoms with E-state index in [-0.39, 0.29) is 11.8 Å². The molecule has 5 rings (SSSR count). The van der Waals surface area contributed by atoms with Crippen molar-refractivity contribution in [3.63, 3.8) is 0 Å². The quantitative estimate of drug-likeness (QED) is 0.382. The summed E-state index contributed by atoms with van der Waals surface area (Å²) in [5.41, 5.74) is 5.48. The van der Waals surface area contributed by atoms with Crippen molar-refractivity contribution in [2.75, 3.05) is 18.1 Å². The van der Waals surface area contributed by atoms with E-state index < -0.39 is 0 Å². The second kappa shape index (κ2) is 9.10. The Hall–Kier alpha value is -3.60. The smallest absolute Gasteiger partial charge is 0.227 e. The number of ether oxygens (including phenoxy) is 1. The molecule has 1 unspecified atom stereocenters. The maximum atomic E-state index is 12.9. The standard InChI is InChI=1S/C28H29N3O2/c1-3-21-10-14-24(15-11-21)33-17-16-30-26-7-5-4-6-25(26)29-28(30)22-18-27(32)31(19-22)23-12-8-20(2)9-13-23/h4-15,22H,3,16-19H2,1-2H3. The van der Waals surface area contributed by atoms with E-state index in [1.54, 1.807) is 0 Å². The second-order valence-electron chi connectivity index (χ2n) is 8.70. The number of benzene rings is 3. The van der Waals surface area contributed by atoms with Crippen molar-refractivity contribution in [2.45, 2.75) is 39.2 Å². The van der Waals surface area contributed by atoms with Crippen LogP contribution < -0.4 is 9.64 Å². The van der Waals surface area contributed by atoms with Gasteiger partial charge in [0.25, 0.3) is 0 Å². The van der Waals surface area contributed by atoms with E-state index in [1.807, 2.05) is 47.4 Å². The summed E-state index contributed by atoms with van der Waals surface area (Å²) in [6.45, 7) is 6.07. The van der Waals surface area contributed by atoms with E-state index in [0.29, 0.717) is 26.1 Å². The van der Waals surface area contributed by atoms with Gasteiger partial charge in [0.05, 0.1) is 17.6 Å². The molecule has 0 spiro atoms. The number of nitrogens with zero attached hydrogens (tertiary/aromatic N) is 3. The van der Waals surface area contributed by atoms with Crippen LogP contribution >= 0.6 is 0 Å². The number of fused-ring (bicyclic) bond motifs is 1. The molecule has 1 amide bonds. The van der Waals surface area contributed by atoms with Gasteiger partial charge in [-0.2, -0.15) is 0 Å². The Balaban J connectivity index is 1.37. The first-order chi connectivity index (χ1) is 16.1. The summed E-state index contributed by atoms with van der Waals surface area (Å²) < 4.78 is 8.27. The Labute approximate surface area is 194 Å². The van der Waals surface area contributed by atoms with Gasteiger partial charge in [-0.15, -0.1) is 0 Å². The van der Waals surface area contributed by atoms with E-state index in [1.165, 1.54) is 11.1 Å². The van der Waals surface area contributed by atoms with E-state index >= 15 is 0 Å². The van der Waals surface area contributed by atoms with Crippen LogP contribution in [-0.2, 0) is 17.8 Å². The minimum absolute atomic E-state index is 0.0510. The molecule has 1 atom stereocenters. The number of hydrogen-bond acceptors (Lipinski definition) is 3. The lowest BCUT2D eigenvalue weighted by atomic mass is 10.1. The van der Waals surface area contributed by atoms with Crippen LogP contribution in [0.4, 0.5) is 5.69 Å². The van der Waals surface area contributed by atoms with Crippen molar-refractivity contribution in [3.8, 4) is 5.75 Å². The van der Waals surface area contributed by atoms with Gasteiger partial charge in [0.2, 0.25) is 5.91 Å². The maximum Gasteiger partial charge on any atom is 0.227 e. The first kappa shape index (κ1) is 21.3. The van der Waals surface area contributed by atoms with E-state index in [4.69, 9.17) is 9.72 Å². The largest absolute Gasteiger partial charge is 0.492 e. The van der Waals surface area contributed by atoms with Crippen LogP contribution in [0.3, 0.4) is 0 Å². The minimum Gasteiger partial charge on any atom is -0.492 e. The zero-order valence-electron chi connectivity index (χ0n) is 19.2. The van der Waals surface area contributed by atoms with Gasteiger partial charge in [0.15, 0.2) is 0 Å². The summed E-state index contributed by atoms with van der Waals surface area (Å²) in [7, 11) is 0. The third-order valence-corrected chi connectivity index (χ3v) is 6.44. The molecule has 2 heterocycles. The number of amides is 1. The normalized spacial score (nSPS) is 16.0.